The average molecular weight is 524 g/mol. The summed E-state index contributed by atoms with van der Waals surface area (Å²) in [5, 5.41) is 0. The molecule has 10 nitrogen and oxygen atoms in total. The van der Waals surface area contributed by atoms with E-state index in [0.29, 0.717) is 56.6 Å². The fourth-order valence-electron chi connectivity index (χ4n) is 4.69. The Bertz CT molecular complexity index is 1580. The van der Waals surface area contributed by atoms with Crippen LogP contribution in [0.2, 0.25) is 0 Å². The normalized spacial score (nSPS) is 19.1. The fourth-order valence-corrected chi connectivity index (χ4v) is 5.72. The van der Waals surface area contributed by atoms with Crippen LogP contribution in [-0.2, 0) is 14.3 Å². The van der Waals surface area contributed by atoms with E-state index in [1.54, 1.807) is 36.6 Å². The van der Waals surface area contributed by atoms with Crippen LogP contribution in [0.1, 0.15) is 31.2 Å². The van der Waals surface area contributed by atoms with Crippen molar-refractivity contribution in [1.29, 1.82) is 0 Å². The van der Waals surface area contributed by atoms with Crippen molar-refractivity contribution in [3.05, 3.63) is 72.6 Å². The summed E-state index contributed by atoms with van der Waals surface area (Å²) in [6, 6.07) is 8.41. The van der Waals surface area contributed by atoms with Crippen LogP contribution >= 0.6 is 11.3 Å². The van der Waals surface area contributed by atoms with E-state index in [1.807, 2.05) is 18.2 Å². The minimum absolute atomic E-state index is 0.122. The molecule has 0 bridgehead atoms. The number of anilines is 1. The third-order valence-corrected chi connectivity index (χ3v) is 7.42. The van der Waals surface area contributed by atoms with E-state index in [9.17, 15) is 9.59 Å². The van der Waals surface area contributed by atoms with Crippen molar-refractivity contribution in [3.63, 3.8) is 0 Å². The van der Waals surface area contributed by atoms with Gasteiger partial charge in [-0.15, -0.1) is 0 Å². The van der Waals surface area contributed by atoms with Crippen molar-refractivity contribution < 1.29 is 28.2 Å². The lowest BCUT2D eigenvalue weighted by Gasteiger charge is -2.26. The maximum absolute atomic E-state index is 13.8. The number of rotatable bonds is 5. The Morgan fingerprint density at radius 2 is 2.00 bits per heavy atom. The SMILES string of the molecule is CCOC(=O)C1=C(C)N=c2s/c(=C/c3ccc(N4CCOCC4)o3)c(=O)n2[C@@H]1c1ccc2c(c1)OCO2. The molecular formula is C26H25N3O7S. The van der Waals surface area contributed by atoms with E-state index in [4.69, 9.17) is 23.4 Å². The van der Waals surface area contributed by atoms with Crippen molar-refractivity contribution in [3.8, 4) is 11.5 Å². The van der Waals surface area contributed by atoms with E-state index in [2.05, 4.69) is 9.89 Å². The predicted octanol–water partition coefficient (Wildman–Crippen LogP) is 1.96. The second-order valence-electron chi connectivity index (χ2n) is 8.69. The zero-order chi connectivity index (χ0) is 25.5. The number of ether oxygens (including phenoxy) is 4. The molecule has 0 radical (unpaired) electrons. The molecule has 0 aliphatic carbocycles. The van der Waals surface area contributed by atoms with Crippen molar-refractivity contribution >= 4 is 29.3 Å². The molecule has 192 valence electrons. The predicted molar refractivity (Wildman–Crippen MR) is 135 cm³/mol. The number of carbonyl (C=O) groups is 1. The van der Waals surface area contributed by atoms with E-state index < -0.39 is 12.0 Å². The summed E-state index contributed by atoms with van der Waals surface area (Å²) in [5.41, 5.74) is 1.24. The monoisotopic (exact) mass is 523 g/mol. The number of fused-ring (bicyclic) bond motifs is 2. The number of carbonyl (C=O) groups excluding carboxylic acids is 1. The summed E-state index contributed by atoms with van der Waals surface area (Å²) in [6.45, 7) is 6.63. The maximum Gasteiger partial charge on any atom is 0.338 e. The van der Waals surface area contributed by atoms with Crippen molar-refractivity contribution in [2.75, 3.05) is 44.6 Å². The molecule has 37 heavy (non-hydrogen) atoms. The summed E-state index contributed by atoms with van der Waals surface area (Å²) in [6.07, 6.45) is 1.72. The second kappa shape index (κ2) is 9.56. The van der Waals surface area contributed by atoms with Crippen LogP contribution in [0.15, 0.2) is 55.8 Å². The summed E-state index contributed by atoms with van der Waals surface area (Å²) >= 11 is 1.25. The standard InChI is InChI=1S/C26H25N3O7S/c1-3-33-25(31)22-15(2)27-26-29(23(22)16-4-6-18-19(12-16)35-14-34-18)24(30)20(37-26)13-17-5-7-21(36-17)28-8-10-32-11-9-28/h4-7,12-13,23H,3,8-11,14H2,1-2H3/b20-13+/t23-/m1/s1. The number of furan rings is 1. The summed E-state index contributed by atoms with van der Waals surface area (Å²) in [4.78, 5) is 34.0. The number of benzene rings is 1. The lowest BCUT2D eigenvalue weighted by atomic mass is 9.95. The first-order chi connectivity index (χ1) is 18.0. The Morgan fingerprint density at radius 1 is 1.19 bits per heavy atom. The lowest BCUT2D eigenvalue weighted by molar-refractivity contribution is -0.139. The molecule has 3 aromatic rings. The Hall–Kier alpha value is -3.83. The number of morpholine rings is 1. The number of aromatic nitrogens is 1. The van der Waals surface area contributed by atoms with Gasteiger partial charge in [-0.2, -0.15) is 0 Å². The third kappa shape index (κ3) is 4.23. The maximum atomic E-state index is 13.8. The molecule has 1 saturated heterocycles. The van der Waals surface area contributed by atoms with Gasteiger partial charge in [0, 0.05) is 25.2 Å². The Labute approximate surface area is 215 Å². The fraction of sp³-hybridized carbons (Fsp3) is 0.346. The van der Waals surface area contributed by atoms with Gasteiger partial charge in [-0.05, 0) is 37.6 Å². The molecule has 0 N–H and O–H groups in total. The average Bonchev–Trinajstić information content (AvgIpc) is 3.63. The van der Waals surface area contributed by atoms with Crippen molar-refractivity contribution in [2.24, 2.45) is 4.99 Å². The first-order valence-corrected chi connectivity index (χ1v) is 12.9. The van der Waals surface area contributed by atoms with Crippen LogP contribution in [0.25, 0.3) is 6.08 Å². The van der Waals surface area contributed by atoms with Crippen LogP contribution in [-0.4, -0.2) is 50.2 Å². The molecule has 0 unspecified atom stereocenters. The van der Waals surface area contributed by atoms with Crippen molar-refractivity contribution in [1.82, 2.24) is 4.57 Å². The highest BCUT2D eigenvalue weighted by Crippen LogP contribution is 2.38. The zero-order valence-electron chi connectivity index (χ0n) is 20.4. The van der Waals surface area contributed by atoms with Crippen LogP contribution in [0, 0.1) is 0 Å². The van der Waals surface area contributed by atoms with Crippen LogP contribution in [0.4, 0.5) is 5.88 Å². The molecular weight excluding hydrogens is 498 g/mol. The molecule has 11 heteroatoms. The minimum Gasteiger partial charge on any atom is -0.463 e. The topological polar surface area (TPSA) is 105 Å². The summed E-state index contributed by atoms with van der Waals surface area (Å²) in [7, 11) is 0. The summed E-state index contributed by atoms with van der Waals surface area (Å²) < 4.78 is 29.8. The number of nitrogens with zero attached hydrogens (tertiary/aromatic N) is 3. The van der Waals surface area contributed by atoms with Gasteiger partial charge in [0.15, 0.2) is 22.2 Å². The molecule has 1 aromatic carbocycles. The van der Waals surface area contributed by atoms with Gasteiger partial charge in [0.1, 0.15) is 5.76 Å². The van der Waals surface area contributed by atoms with Gasteiger partial charge in [0.25, 0.3) is 5.56 Å². The van der Waals surface area contributed by atoms with Gasteiger partial charge in [-0.1, -0.05) is 17.4 Å². The highest BCUT2D eigenvalue weighted by atomic mass is 32.1. The first-order valence-electron chi connectivity index (χ1n) is 12.0. The number of thiazole rings is 1. The lowest BCUT2D eigenvalue weighted by Crippen LogP contribution is -2.39. The largest absolute Gasteiger partial charge is 0.463 e. The first kappa shape index (κ1) is 23.6. The number of hydrogen-bond donors (Lipinski definition) is 0. The molecule has 2 aromatic heterocycles. The minimum atomic E-state index is -0.729. The molecule has 0 saturated carbocycles. The highest BCUT2D eigenvalue weighted by Gasteiger charge is 2.34. The van der Waals surface area contributed by atoms with Crippen molar-refractivity contribution in [2.45, 2.75) is 19.9 Å². The Balaban J connectivity index is 1.45. The van der Waals surface area contributed by atoms with E-state index in [1.165, 1.54) is 11.3 Å². The zero-order valence-corrected chi connectivity index (χ0v) is 21.2. The molecule has 6 rings (SSSR count). The molecule has 3 aliphatic heterocycles. The molecule has 1 fully saturated rings. The van der Waals surface area contributed by atoms with Gasteiger partial charge in [0.05, 0.1) is 41.7 Å². The Morgan fingerprint density at radius 3 is 2.81 bits per heavy atom. The number of hydrogen-bond acceptors (Lipinski definition) is 10. The molecule has 5 heterocycles. The molecule has 0 amide bonds. The smallest absolute Gasteiger partial charge is 0.338 e. The van der Waals surface area contributed by atoms with Crippen LogP contribution in [0.5, 0.6) is 11.5 Å². The quantitative estimate of drug-likeness (QED) is 0.468. The number of allylic oxidation sites excluding steroid dienone is 1. The van der Waals surface area contributed by atoms with E-state index >= 15 is 0 Å². The van der Waals surface area contributed by atoms with Gasteiger partial charge >= 0.3 is 5.97 Å². The van der Waals surface area contributed by atoms with Crippen LogP contribution in [0.3, 0.4) is 0 Å². The number of esters is 1. The van der Waals surface area contributed by atoms with Gasteiger partial charge in [-0.25, -0.2) is 9.79 Å². The van der Waals surface area contributed by atoms with Crippen LogP contribution < -0.4 is 29.3 Å². The van der Waals surface area contributed by atoms with E-state index in [-0.39, 0.29) is 19.0 Å². The van der Waals surface area contributed by atoms with Gasteiger partial charge in [-0.3, -0.25) is 9.36 Å². The van der Waals surface area contributed by atoms with Gasteiger partial charge in [0.2, 0.25) is 6.79 Å². The molecule has 0 spiro atoms. The second-order valence-corrected chi connectivity index (χ2v) is 9.70. The van der Waals surface area contributed by atoms with Gasteiger partial charge < -0.3 is 28.3 Å². The Kier molecular flexibility index (Phi) is 6.09. The molecule has 3 aliphatic rings. The summed E-state index contributed by atoms with van der Waals surface area (Å²) in [5.74, 6) is 1.96. The molecule has 1 atom stereocenters. The highest BCUT2D eigenvalue weighted by molar-refractivity contribution is 7.07. The third-order valence-electron chi connectivity index (χ3n) is 6.44. The van der Waals surface area contributed by atoms with E-state index in [0.717, 1.165) is 19.0 Å².